The average Bonchev–Trinajstić information content (AvgIpc) is 2.98. The van der Waals surface area contributed by atoms with Gasteiger partial charge in [0, 0.05) is 30.5 Å². The van der Waals surface area contributed by atoms with E-state index in [0.717, 1.165) is 17.6 Å². The Bertz CT molecular complexity index is 1290. The molecule has 0 bridgehead atoms. The molecule has 1 heterocycles. The van der Waals surface area contributed by atoms with Gasteiger partial charge in [0.15, 0.2) is 14.6 Å². The summed E-state index contributed by atoms with van der Waals surface area (Å²) < 4.78 is 25.7. The number of sulfone groups is 1. The first kappa shape index (κ1) is 19.6. The summed E-state index contributed by atoms with van der Waals surface area (Å²) in [5.74, 6) is -0.607. The van der Waals surface area contributed by atoms with Gasteiger partial charge >= 0.3 is 0 Å². The second kappa shape index (κ2) is 7.49. The molecule has 0 saturated carbocycles. The lowest BCUT2D eigenvalue weighted by atomic mass is 10.2. The molecule has 0 aliphatic heterocycles. The third-order valence-electron chi connectivity index (χ3n) is 3.90. The van der Waals surface area contributed by atoms with Crippen molar-refractivity contribution in [1.82, 2.24) is 4.57 Å². The average molecular weight is 417 g/mol. The number of fused-ring (bicyclic) bond motifs is 1. The Hall–Kier alpha value is -3.11. The molecule has 1 aromatic heterocycles. The first-order valence-corrected chi connectivity index (χ1v) is 10.7. The van der Waals surface area contributed by atoms with Gasteiger partial charge in [0.05, 0.1) is 20.0 Å². The van der Waals surface area contributed by atoms with Crippen LogP contribution in [0.25, 0.3) is 10.2 Å². The zero-order chi connectivity index (χ0) is 20.5. The highest BCUT2D eigenvalue weighted by Gasteiger charge is 2.14. The number of rotatable bonds is 5. The van der Waals surface area contributed by atoms with Crippen molar-refractivity contribution in [1.29, 1.82) is 0 Å². The molecule has 10 heteroatoms. The second-order valence-electron chi connectivity index (χ2n) is 5.91. The monoisotopic (exact) mass is 417 g/mol. The van der Waals surface area contributed by atoms with E-state index < -0.39 is 20.7 Å². The summed E-state index contributed by atoms with van der Waals surface area (Å²) in [4.78, 5) is 27.6. The minimum Gasteiger partial charge on any atom is -0.312 e. The van der Waals surface area contributed by atoms with E-state index in [1.165, 1.54) is 36.4 Å². The Kier molecular flexibility index (Phi) is 5.25. The highest BCUT2D eigenvalue weighted by atomic mass is 32.2. The van der Waals surface area contributed by atoms with Crippen LogP contribution in [0, 0.1) is 10.1 Å². The summed E-state index contributed by atoms with van der Waals surface area (Å²) in [7, 11) is -3.46. The number of amides is 1. The van der Waals surface area contributed by atoms with Gasteiger partial charge in [0.2, 0.25) is 0 Å². The van der Waals surface area contributed by atoms with E-state index in [1.54, 1.807) is 16.7 Å². The molecule has 0 fully saturated rings. The summed E-state index contributed by atoms with van der Waals surface area (Å²) in [6.07, 6.45) is 2.69. The van der Waals surface area contributed by atoms with Crippen LogP contribution in [-0.2, 0) is 16.4 Å². The van der Waals surface area contributed by atoms with Gasteiger partial charge < -0.3 is 4.57 Å². The van der Waals surface area contributed by atoms with Crippen molar-refractivity contribution in [3.63, 3.8) is 0 Å². The molecule has 1 amide bonds. The number of allylic oxidation sites excluding steroid dienone is 1. The van der Waals surface area contributed by atoms with Crippen LogP contribution in [0.5, 0.6) is 0 Å². The van der Waals surface area contributed by atoms with E-state index in [2.05, 4.69) is 11.6 Å². The molecule has 0 N–H and O–H groups in total. The fourth-order valence-electron chi connectivity index (χ4n) is 2.58. The molecule has 0 unspecified atom stereocenters. The normalized spacial score (nSPS) is 12.2. The number of hydrogen-bond donors (Lipinski definition) is 0. The van der Waals surface area contributed by atoms with Crippen LogP contribution in [0.15, 0.2) is 65.0 Å². The fourth-order valence-corrected chi connectivity index (χ4v) is 4.32. The van der Waals surface area contributed by atoms with E-state index in [9.17, 15) is 23.3 Å². The summed E-state index contributed by atoms with van der Waals surface area (Å²) in [6, 6.07) is 10.0. The Morgan fingerprint density at radius 3 is 2.71 bits per heavy atom. The van der Waals surface area contributed by atoms with E-state index in [4.69, 9.17) is 0 Å². The number of nitro groups is 1. The second-order valence-corrected chi connectivity index (χ2v) is 8.93. The zero-order valence-corrected chi connectivity index (χ0v) is 16.4. The third-order valence-corrected chi connectivity index (χ3v) is 6.05. The van der Waals surface area contributed by atoms with Gasteiger partial charge in [-0.05, 0) is 24.3 Å². The summed E-state index contributed by atoms with van der Waals surface area (Å²) in [6.45, 7) is 4.04. The van der Waals surface area contributed by atoms with Gasteiger partial charge in [0.25, 0.3) is 11.6 Å². The minimum atomic E-state index is -3.46. The number of thiazole rings is 1. The molecule has 8 nitrogen and oxygen atoms in total. The summed E-state index contributed by atoms with van der Waals surface area (Å²) >= 11 is 1.13. The van der Waals surface area contributed by atoms with Gasteiger partial charge in [-0.15, -0.1) is 6.58 Å². The number of benzene rings is 2. The highest BCUT2D eigenvalue weighted by Crippen LogP contribution is 2.23. The number of aromatic nitrogens is 1. The van der Waals surface area contributed by atoms with Crippen LogP contribution in [-0.4, -0.2) is 30.1 Å². The molecule has 28 heavy (non-hydrogen) atoms. The van der Waals surface area contributed by atoms with Crippen molar-refractivity contribution in [3.05, 3.63) is 75.6 Å². The van der Waals surface area contributed by atoms with E-state index >= 15 is 0 Å². The SMILES string of the molecule is C=CCn1c(=NC(=O)c2cccc(S(C)(=O)=O)c2)sc2cc([N+](=O)[O-])ccc21. The molecule has 0 aliphatic carbocycles. The third kappa shape index (κ3) is 3.92. The van der Waals surface area contributed by atoms with Crippen LogP contribution in [0.4, 0.5) is 5.69 Å². The zero-order valence-electron chi connectivity index (χ0n) is 14.7. The fraction of sp³-hybridized carbons (Fsp3) is 0.111. The summed E-state index contributed by atoms with van der Waals surface area (Å²) in [5, 5.41) is 11.0. The molecule has 0 aliphatic rings. The number of carbonyl (C=O) groups is 1. The Morgan fingerprint density at radius 2 is 2.07 bits per heavy atom. The van der Waals surface area contributed by atoms with E-state index in [0.29, 0.717) is 21.6 Å². The van der Waals surface area contributed by atoms with Crippen LogP contribution in [0.3, 0.4) is 0 Å². The van der Waals surface area contributed by atoms with Crippen molar-refractivity contribution in [2.24, 2.45) is 4.99 Å². The Balaban J connectivity index is 2.15. The lowest BCUT2D eigenvalue weighted by Gasteiger charge is -2.02. The molecular formula is C18H15N3O5S2. The van der Waals surface area contributed by atoms with Gasteiger partial charge in [-0.2, -0.15) is 4.99 Å². The van der Waals surface area contributed by atoms with Gasteiger partial charge in [-0.3, -0.25) is 14.9 Å². The Morgan fingerprint density at radius 1 is 1.32 bits per heavy atom. The predicted molar refractivity (Wildman–Crippen MR) is 106 cm³/mol. The van der Waals surface area contributed by atoms with Crippen molar-refractivity contribution in [3.8, 4) is 0 Å². The van der Waals surface area contributed by atoms with Crippen molar-refractivity contribution in [2.75, 3.05) is 6.26 Å². The van der Waals surface area contributed by atoms with Gasteiger partial charge in [-0.1, -0.05) is 23.5 Å². The van der Waals surface area contributed by atoms with Crippen molar-refractivity contribution in [2.45, 2.75) is 11.4 Å². The smallest absolute Gasteiger partial charge is 0.279 e. The number of nitro benzene ring substituents is 1. The molecule has 0 saturated heterocycles. The maximum atomic E-state index is 12.6. The maximum Gasteiger partial charge on any atom is 0.279 e. The van der Waals surface area contributed by atoms with Crippen LogP contribution in [0.1, 0.15) is 10.4 Å². The van der Waals surface area contributed by atoms with Crippen LogP contribution in [0.2, 0.25) is 0 Å². The van der Waals surface area contributed by atoms with Crippen LogP contribution >= 0.6 is 11.3 Å². The molecule has 3 aromatic rings. The van der Waals surface area contributed by atoms with E-state index in [-0.39, 0.29) is 16.1 Å². The lowest BCUT2D eigenvalue weighted by Crippen LogP contribution is -2.16. The molecule has 0 radical (unpaired) electrons. The topological polar surface area (TPSA) is 112 Å². The number of non-ortho nitro benzene ring substituents is 1. The predicted octanol–water partition coefficient (Wildman–Crippen LogP) is 2.94. The quantitative estimate of drug-likeness (QED) is 0.360. The maximum absolute atomic E-state index is 12.6. The largest absolute Gasteiger partial charge is 0.312 e. The first-order chi connectivity index (χ1) is 13.2. The van der Waals surface area contributed by atoms with Crippen molar-refractivity contribution < 1.29 is 18.1 Å². The summed E-state index contributed by atoms with van der Waals surface area (Å²) in [5.41, 5.74) is 0.765. The standard InChI is InChI=1S/C18H15N3O5S2/c1-3-9-20-15-8-7-13(21(23)24)11-16(15)27-18(20)19-17(22)12-5-4-6-14(10-12)28(2,25)26/h3-8,10-11H,1,9H2,2H3. The van der Waals surface area contributed by atoms with E-state index in [1.807, 2.05) is 0 Å². The number of hydrogen-bond acceptors (Lipinski definition) is 6. The molecule has 144 valence electrons. The van der Waals surface area contributed by atoms with Crippen molar-refractivity contribution >= 4 is 43.0 Å². The first-order valence-electron chi connectivity index (χ1n) is 7.98. The lowest BCUT2D eigenvalue weighted by molar-refractivity contribution is -0.384. The molecule has 3 rings (SSSR count). The van der Waals surface area contributed by atoms with Gasteiger partial charge in [-0.25, -0.2) is 8.42 Å². The molecule has 0 spiro atoms. The van der Waals surface area contributed by atoms with Crippen LogP contribution < -0.4 is 4.80 Å². The number of nitrogens with zero attached hydrogens (tertiary/aromatic N) is 3. The molecular weight excluding hydrogens is 402 g/mol. The Labute approximate surface area is 164 Å². The molecule has 0 atom stereocenters. The minimum absolute atomic E-state index is 0.0273. The molecule has 2 aromatic carbocycles. The van der Waals surface area contributed by atoms with Gasteiger partial charge in [0.1, 0.15) is 0 Å². The highest BCUT2D eigenvalue weighted by molar-refractivity contribution is 7.90. The number of carbonyl (C=O) groups excluding carboxylic acids is 1.